The second kappa shape index (κ2) is 6.35. The summed E-state index contributed by atoms with van der Waals surface area (Å²) in [5.74, 6) is 0.126. The van der Waals surface area contributed by atoms with Crippen LogP contribution in [0.15, 0.2) is 30.3 Å². The molecule has 0 aliphatic rings. The van der Waals surface area contributed by atoms with Crippen molar-refractivity contribution in [1.82, 2.24) is 14.9 Å². The average molecular weight is 284 g/mol. The van der Waals surface area contributed by atoms with Gasteiger partial charge in [0, 0.05) is 14.1 Å². The van der Waals surface area contributed by atoms with E-state index in [-0.39, 0.29) is 11.9 Å². The minimum absolute atomic E-state index is 0.0874. The van der Waals surface area contributed by atoms with E-state index >= 15 is 0 Å². The second-order valence-corrected chi connectivity index (χ2v) is 5.17. The summed E-state index contributed by atoms with van der Waals surface area (Å²) < 4.78 is 0. The van der Waals surface area contributed by atoms with Gasteiger partial charge in [-0.05, 0) is 25.3 Å². The topological polar surface area (TPSA) is 72.1 Å². The number of aryl methyl sites for hydroxylation is 3. The standard InChI is InChI=1S/C16H20N4O/c1-11-14(15(21)20(2)3)13(19-16(17)18-11)10-9-12-7-5-4-6-8-12/h4-8H,9-10H2,1-3H3,(H2,17,18,19). The van der Waals surface area contributed by atoms with Crippen LogP contribution < -0.4 is 5.73 Å². The third kappa shape index (κ3) is 3.56. The highest BCUT2D eigenvalue weighted by Crippen LogP contribution is 2.16. The zero-order valence-corrected chi connectivity index (χ0v) is 12.6. The summed E-state index contributed by atoms with van der Waals surface area (Å²) in [5, 5.41) is 0. The molecule has 0 aliphatic heterocycles. The summed E-state index contributed by atoms with van der Waals surface area (Å²) in [6, 6.07) is 10.1. The molecular weight excluding hydrogens is 264 g/mol. The van der Waals surface area contributed by atoms with Gasteiger partial charge in [0.25, 0.3) is 5.91 Å². The van der Waals surface area contributed by atoms with Crippen molar-refractivity contribution in [3.63, 3.8) is 0 Å². The van der Waals surface area contributed by atoms with E-state index in [0.717, 1.165) is 6.42 Å². The van der Waals surface area contributed by atoms with Gasteiger partial charge in [0.2, 0.25) is 5.95 Å². The Kier molecular flexibility index (Phi) is 4.52. The molecule has 1 aromatic carbocycles. The molecule has 0 saturated carbocycles. The van der Waals surface area contributed by atoms with E-state index in [1.807, 2.05) is 18.2 Å². The van der Waals surface area contributed by atoms with Crippen molar-refractivity contribution >= 4 is 11.9 Å². The zero-order valence-electron chi connectivity index (χ0n) is 12.6. The quantitative estimate of drug-likeness (QED) is 0.930. The molecule has 0 spiro atoms. The normalized spacial score (nSPS) is 10.4. The van der Waals surface area contributed by atoms with Crippen LogP contribution in [-0.2, 0) is 12.8 Å². The summed E-state index contributed by atoms with van der Waals surface area (Å²) in [6.45, 7) is 1.79. The van der Waals surface area contributed by atoms with Crippen LogP contribution in [0.1, 0.15) is 27.3 Å². The lowest BCUT2D eigenvalue weighted by molar-refractivity contribution is 0.0825. The van der Waals surface area contributed by atoms with Crippen LogP contribution in [-0.4, -0.2) is 34.9 Å². The minimum Gasteiger partial charge on any atom is -0.368 e. The van der Waals surface area contributed by atoms with Gasteiger partial charge >= 0.3 is 0 Å². The van der Waals surface area contributed by atoms with Crippen LogP contribution >= 0.6 is 0 Å². The van der Waals surface area contributed by atoms with Crippen molar-refractivity contribution in [2.45, 2.75) is 19.8 Å². The number of carbonyl (C=O) groups is 1. The van der Waals surface area contributed by atoms with E-state index in [9.17, 15) is 4.79 Å². The molecule has 2 rings (SSSR count). The van der Waals surface area contributed by atoms with Gasteiger partial charge in [-0.3, -0.25) is 4.79 Å². The number of carbonyl (C=O) groups excluding carboxylic acids is 1. The zero-order chi connectivity index (χ0) is 15.4. The van der Waals surface area contributed by atoms with E-state index < -0.39 is 0 Å². The van der Waals surface area contributed by atoms with E-state index in [1.165, 1.54) is 10.5 Å². The van der Waals surface area contributed by atoms with E-state index in [1.54, 1.807) is 21.0 Å². The summed E-state index contributed by atoms with van der Waals surface area (Å²) >= 11 is 0. The van der Waals surface area contributed by atoms with E-state index in [2.05, 4.69) is 22.1 Å². The molecule has 0 fully saturated rings. The number of nitrogens with zero attached hydrogens (tertiary/aromatic N) is 3. The fraction of sp³-hybridized carbons (Fsp3) is 0.312. The molecule has 0 radical (unpaired) electrons. The average Bonchev–Trinajstić information content (AvgIpc) is 2.45. The first-order valence-corrected chi connectivity index (χ1v) is 6.87. The SMILES string of the molecule is Cc1nc(N)nc(CCc2ccccc2)c1C(=O)N(C)C. The first-order chi connectivity index (χ1) is 9.99. The molecule has 0 aliphatic carbocycles. The molecule has 0 unspecified atom stereocenters. The number of aromatic nitrogens is 2. The molecule has 1 heterocycles. The Hall–Kier alpha value is -2.43. The Morgan fingerprint density at radius 3 is 2.43 bits per heavy atom. The van der Waals surface area contributed by atoms with Crippen LogP contribution in [0, 0.1) is 6.92 Å². The first-order valence-electron chi connectivity index (χ1n) is 6.87. The lowest BCUT2D eigenvalue weighted by Crippen LogP contribution is -2.25. The molecule has 2 N–H and O–H groups in total. The first kappa shape index (κ1) is 15.0. The lowest BCUT2D eigenvalue weighted by atomic mass is 10.0. The van der Waals surface area contributed by atoms with Crippen molar-refractivity contribution in [1.29, 1.82) is 0 Å². The Morgan fingerprint density at radius 1 is 1.14 bits per heavy atom. The van der Waals surface area contributed by atoms with Crippen LogP contribution in [0.25, 0.3) is 0 Å². The fourth-order valence-corrected chi connectivity index (χ4v) is 2.25. The molecule has 5 nitrogen and oxygen atoms in total. The van der Waals surface area contributed by atoms with Gasteiger partial charge in [0.05, 0.1) is 17.0 Å². The minimum atomic E-state index is -0.0874. The van der Waals surface area contributed by atoms with Crippen molar-refractivity contribution in [3.8, 4) is 0 Å². The number of amides is 1. The van der Waals surface area contributed by atoms with Gasteiger partial charge in [-0.2, -0.15) is 0 Å². The molecule has 0 bridgehead atoms. The maximum atomic E-state index is 12.3. The van der Waals surface area contributed by atoms with Crippen molar-refractivity contribution in [2.24, 2.45) is 0 Å². The van der Waals surface area contributed by atoms with Crippen LogP contribution in [0.2, 0.25) is 0 Å². The Morgan fingerprint density at radius 2 is 1.81 bits per heavy atom. The maximum Gasteiger partial charge on any atom is 0.257 e. The van der Waals surface area contributed by atoms with Crippen LogP contribution in [0.3, 0.4) is 0 Å². The summed E-state index contributed by atoms with van der Waals surface area (Å²) in [6.07, 6.45) is 1.47. The molecule has 0 saturated heterocycles. The smallest absolute Gasteiger partial charge is 0.257 e. The number of nitrogens with two attached hydrogens (primary N) is 1. The molecule has 110 valence electrons. The Bertz CT molecular complexity index is 638. The number of nitrogen functional groups attached to an aromatic ring is 1. The third-order valence-electron chi connectivity index (χ3n) is 3.30. The number of hydrogen-bond donors (Lipinski definition) is 1. The maximum absolute atomic E-state index is 12.3. The Labute approximate surface area is 124 Å². The van der Waals surface area contributed by atoms with Gasteiger partial charge < -0.3 is 10.6 Å². The predicted octanol–water partition coefficient (Wildman–Crippen LogP) is 1.85. The highest BCUT2D eigenvalue weighted by Gasteiger charge is 2.19. The van der Waals surface area contributed by atoms with Gasteiger partial charge in [-0.25, -0.2) is 9.97 Å². The van der Waals surface area contributed by atoms with Gasteiger partial charge in [0.15, 0.2) is 0 Å². The monoisotopic (exact) mass is 284 g/mol. The fourth-order valence-electron chi connectivity index (χ4n) is 2.25. The lowest BCUT2D eigenvalue weighted by Gasteiger charge is -2.15. The van der Waals surface area contributed by atoms with E-state index in [0.29, 0.717) is 23.4 Å². The largest absolute Gasteiger partial charge is 0.368 e. The molecule has 5 heteroatoms. The van der Waals surface area contributed by atoms with Gasteiger partial charge in [-0.1, -0.05) is 30.3 Å². The number of rotatable bonds is 4. The van der Waals surface area contributed by atoms with Crippen LogP contribution in [0.4, 0.5) is 5.95 Å². The molecule has 0 atom stereocenters. The molecule has 21 heavy (non-hydrogen) atoms. The van der Waals surface area contributed by atoms with Gasteiger partial charge in [0.1, 0.15) is 0 Å². The second-order valence-electron chi connectivity index (χ2n) is 5.17. The van der Waals surface area contributed by atoms with Crippen molar-refractivity contribution < 1.29 is 4.79 Å². The van der Waals surface area contributed by atoms with E-state index in [4.69, 9.17) is 5.73 Å². The highest BCUT2D eigenvalue weighted by molar-refractivity contribution is 5.96. The highest BCUT2D eigenvalue weighted by atomic mass is 16.2. The van der Waals surface area contributed by atoms with Crippen LogP contribution in [0.5, 0.6) is 0 Å². The molecular formula is C16H20N4O. The van der Waals surface area contributed by atoms with Gasteiger partial charge in [-0.15, -0.1) is 0 Å². The van der Waals surface area contributed by atoms with Crippen molar-refractivity contribution in [2.75, 3.05) is 19.8 Å². The summed E-state index contributed by atoms with van der Waals surface area (Å²) in [4.78, 5) is 22.2. The van der Waals surface area contributed by atoms with Crippen molar-refractivity contribution in [3.05, 3.63) is 52.8 Å². The molecule has 2 aromatic rings. The summed E-state index contributed by atoms with van der Waals surface area (Å²) in [5.41, 5.74) is 8.83. The third-order valence-corrected chi connectivity index (χ3v) is 3.30. The number of anilines is 1. The molecule has 1 amide bonds. The number of hydrogen-bond acceptors (Lipinski definition) is 4. The Balaban J connectivity index is 2.31. The number of benzene rings is 1. The summed E-state index contributed by atoms with van der Waals surface area (Å²) in [7, 11) is 3.44. The predicted molar refractivity (Wildman–Crippen MR) is 83.0 cm³/mol. The molecule has 1 aromatic heterocycles.